The van der Waals surface area contributed by atoms with Gasteiger partial charge in [-0.3, -0.25) is 9.78 Å². The highest BCUT2D eigenvalue weighted by molar-refractivity contribution is 5.37. The minimum absolute atomic E-state index is 0.0873. The van der Waals surface area contributed by atoms with Crippen LogP contribution >= 0.6 is 0 Å². The van der Waals surface area contributed by atoms with Gasteiger partial charge < -0.3 is 4.74 Å². The largest absolute Gasteiger partial charge is 0.466 e. The van der Waals surface area contributed by atoms with E-state index in [0.717, 1.165) is 5.56 Å². The van der Waals surface area contributed by atoms with Gasteiger partial charge in [-0.25, -0.2) is 0 Å². The molecule has 0 aliphatic carbocycles. The van der Waals surface area contributed by atoms with Crippen molar-refractivity contribution in [3.05, 3.63) is 30.1 Å². The first-order valence-corrected chi connectivity index (χ1v) is 3.73. The average Bonchev–Trinajstić information content (AvgIpc) is 2.21. The number of hydrogen-bond acceptors (Lipinski definition) is 4. The van der Waals surface area contributed by atoms with Gasteiger partial charge in [0.25, 0.3) is 6.47 Å². The number of pyridine rings is 1. The molecule has 0 aliphatic heterocycles. The van der Waals surface area contributed by atoms with Crippen LogP contribution in [0.1, 0.15) is 11.5 Å². The van der Waals surface area contributed by atoms with Crippen molar-refractivity contribution in [1.82, 2.24) is 4.98 Å². The zero-order valence-corrected chi connectivity index (χ0v) is 6.88. The number of ether oxygens (including phenoxy) is 1. The first kappa shape index (κ1) is 9.20. The summed E-state index contributed by atoms with van der Waals surface area (Å²) in [6.07, 6.45) is 3.20. The van der Waals surface area contributed by atoms with Crippen LogP contribution in [0.3, 0.4) is 0 Å². The fraction of sp³-hybridized carbons (Fsp3) is 0.222. The van der Waals surface area contributed by atoms with E-state index in [2.05, 4.69) is 9.72 Å². The second-order valence-corrected chi connectivity index (χ2v) is 2.39. The number of carbonyl (C=O) groups is 1. The van der Waals surface area contributed by atoms with Crippen LogP contribution in [0.25, 0.3) is 0 Å². The molecule has 0 amide bonds. The van der Waals surface area contributed by atoms with E-state index in [1.165, 1.54) is 0 Å². The third kappa shape index (κ3) is 2.56. The minimum Gasteiger partial charge on any atom is -0.466 e. The summed E-state index contributed by atoms with van der Waals surface area (Å²) in [7, 11) is 0. The van der Waals surface area contributed by atoms with Crippen LogP contribution in [-0.2, 0) is 9.53 Å². The fourth-order valence-corrected chi connectivity index (χ4v) is 0.939. The van der Waals surface area contributed by atoms with Crippen LogP contribution in [0.15, 0.2) is 24.5 Å². The van der Waals surface area contributed by atoms with E-state index in [0.29, 0.717) is 6.47 Å². The Morgan fingerprint density at radius 1 is 1.62 bits per heavy atom. The zero-order chi connectivity index (χ0) is 9.52. The molecule has 4 heteroatoms. The third-order valence-electron chi connectivity index (χ3n) is 1.60. The molecule has 66 valence electrons. The molecule has 0 radical (unpaired) electrons. The summed E-state index contributed by atoms with van der Waals surface area (Å²) in [6.45, 7) is 0.426. The van der Waals surface area contributed by atoms with Crippen LogP contribution < -0.4 is 0 Å². The molecule has 0 aromatic carbocycles. The van der Waals surface area contributed by atoms with E-state index in [-0.39, 0.29) is 6.61 Å². The predicted molar refractivity (Wildman–Crippen MR) is 44.6 cm³/mol. The summed E-state index contributed by atoms with van der Waals surface area (Å²) < 4.78 is 4.52. The van der Waals surface area contributed by atoms with Crippen molar-refractivity contribution in [3.63, 3.8) is 0 Å². The monoisotopic (exact) mass is 176 g/mol. The second kappa shape index (κ2) is 4.88. The van der Waals surface area contributed by atoms with Crippen LogP contribution in [0, 0.1) is 11.3 Å². The van der Waals surface area contributed by atoms with Gasteiger partial charge in [0.1, 0.15) is 12.5 Å². The van der Waals surface area contributed by atoms with Crippen molar-refractivity contribution in [2.75, 3.05) is 6.61 Å². The first-order valence-electron chi connectivity index (χ1n) is 3.73. The van der Waals surface area contributed by atoms with E-state index >= 15 is 0 Å². The maximum absolute atomic E-state index is 9.91. The van der Waals surface area contributed by atoms with Crippen molar-refractivity contribution < 1.29 is 9.53 Å². The van der Waals surface area contributed by atoms with Crippen LogP contribution in [0.4, 0.5) is 0 Å². The molecular formula is C9H8N2O2. The van der Waals surface area contributed by atoms with E-state index in [9.17, 15) is 4.79 Å². The maximum atomic E-state index is 9.91. The lowest BCUT2D eigenvalue weighted by Crippen LogP contribution is -2.04. The highest BCUT2D eigenvalue weighted by atomic mass is 16.5. The lowest BCUT2D eigenvalue weighted by molar-refractivity contribution is -0.128. The Balaban J connectivity index is 2.68. The number of rotatable bonds is 4. The van der Waals surface area contributed by atoms with Crippen molar-refractivity contribution in [2.45, 2.75) is 5.92 Å². The summed E-state index contributed by atoms with van der Waals surface area (Å²) >= 11 is 0. The Hall–Kier alpha value is -1.89. The molecule has 1 heterocycles. The molecule has 1 aromatic heterocycles. The number of hydrogen-bond donors (Lipinski definition) is 0. The molecule has 4 nitrogen and oxygen atoms in total. The summed E-state index contributed by atoms with van der Waals surface area (Å²) in [5, 5.41) is 8.74. The maximum Gasteiger partial charge on any atom is 0.293 e. The first-order chi connectivity index (χ1) is 6.38. The van der Waals surface area contributed by atoms with Gasteiger partial charge >= 0.3 is 0 Å². The van der Waals surface area contributed by atoms with Crippen LogP contribution in [0.5, 0.6) is 0 Å². The summed E-state index contributed by atoms with van der Waals surface area (Å²) in [5.74, 6) is -0.409. The van der Waals surface area contributed by atoms with E-state index < -0.39 is 5.92 Å². The van der Waals surface area contributed by atoms with Crippen LogP contribution in [-0.4, -0.2) is 18.1 Å². The lowest BCUT2D eigenvalue weighted by atomic mass is 10.0. The Morgan fingerprint density at radius 3 is 2.85 bits per heavy atom. The van der Waals surface area contributed by atoms with Crippen LogP contribution in [0.2, 0.25) is 0 Å². The third-order valence-corrected chi connectivity index (χ3v) is 1.60. The van der Waals surface area contributed by atoms with Crippen molar-refractivity contribution in [2.24, 2.45) is 0 Å². The number of carbonyl (C=O) groups excluding carboxylic acids is 1. The molecule has 13 heavy (non-hydrogen) atoms. The Labute approximate surface area is 75.8 Å². The van der Waals surface area contributed by atoms with Gasteiger partial charge in [-0.2, -0.15) is 5.26 Å². The summed E-state index contributed by atoms with van der Waals surface area (Å²) in [4.78, 5) is 13.7. The van der Waals surface area contributed by atoms with Crippen molar-refractivity contribution in [3.8, 4) is 6.07 Å². The second-order valence-electron chi connectivity index (χ2n) is 2.39. The van der Waals surface area contributed by atoms with Gasteiger partial charge in [-0.15, -0.1) is 0 Å². The van der Waals surface area contributed by atoms with Gasteiger partial charge in [-0.1, -0.05) is 0 Å². The van der Waals surface area contributed by atoms with E-state index in [4.69, 9.17) is 5.26 Å². The molecule has 1 rings (SSSR count). The number of nitrogens with zero attached hydrogens (tertiary/aromatic N) is 2. The van der Waals surface area contributed by atoms with Gasteiger partial charge in [0.15, 0.2) is 0 Å². The van der Waals surface area contributed by atoms with Crippen molar-refractivity contribution in [1.29, 1.82) is 5.26 Å². The molecule has 0 bridgehead atoms. The molecule has 0 fully saturated rings. The van der Waals surface area contributed by atoms with Crippen molar-refractivity contribution >= 4 is 6.47 Å². The topological polar surface area (TPSA) is 63.0 Å². The van der Waals surface area contributed by atoms with Gasteiger partial charge in [0, 0.05) is 12.4 Å². The predicted octanol–water partition coefficient (Wildman–Crippen LogP) is 0.862. The van der Waals surface area contributed by atoms with E-state index in [1.54, 1.807) is 24.5 Å². The smallest absolute Gasteiger partial charge is 0.293 e. The van der Waals surface area contributed by atoms with E-state index in [1.807, 2.05) is 6.07 Å². The molecule has 0 saturated carbocycles. The normalized spacial score (nSPS) is 11.3. The number of aromatic nitrogens is 1. The summed E-state index contributed by atoms with van der Waals surface area (Å²) in [5.41, 5.74) is 0.805. The molecule has 0 N–H and O–H groups in total. The molecule has 0 aliphatic rings. The Morgan fingerprint density at radius 2 is 2.31 bits per heavy atom. The van der Waals surface area contributed by atoms with Gasteiger partial charge in [-0.05, 0) is 17.7 Å². The SMILES string of the molecule is N#CC(COC=O)c1ccncc1. The molecule has 0 saturated heterocycles. The molecule has 1 unspecified atom stereocenters. The van der Waals surface area contributed by atoms with Gasteiger partial charge in [0.05, 0.1) is 6.07 Å². The average molecular weight is 176 g/mol. The van der Waals surface area contributed by atoms with Gasteiger partial charge in [0.2, 0.25) is 0 Å². The fourth-order valence-electron chi connectivity index (χ4n) is 0.939. The summed E-state index contributed by atoms with van der Waals surface area (Å²) in [6, 6.07) is 5.49. The minimum atomic E-state index is -0.409. The molecule has 1 aromatic rings. The molecule has 1 atom stereocenters. The molecule has 0 spiro atoms. The highest BCUT2D eigenvalue weighted by Crippen LogP contribution is 2.13. The zero-order valence-electron chi connectivity index (χ0n) is 6.88. The lowest BCUT2D eigenvalue weighted by Gasteiger charge is -2.06. The Kier molecular flexibility index (Phi) is 3.45. The molecular weight excluding hydrogens is 168 g/mol. The highest BCUT2D eigenvalue weighted by Gasteiger charge is 2.09. The Bertz CT molecular complexity index is 305. The number of nitriles is 1. The quantitative estimate of drug-likeness (QED) is 0.638. The standard InChI is InChI=1S/C9H8N2O2/c10-5-9(6-13-7-12)8-1-3-11-4-2-8/h1-4,7,9H,6H2.